The lowest BCUT2D eigenvalue weighted by atomic mass is 9.95. The van der Waals surface area contributed by atoms with Crippen molar-refractivity contribution in [1.29, 1.82) is 5.26 Å². The van der Waals surface area contributed by atoms with E-state index in [9.17, 15) is 14.7 Å². The van der Waals surface area contributed by atoms with E-state index in [1.54, 1.807) is 35.7 Å². The Morgan fingerprint density at radius 2 is 1.89 bits per heavy atom. The van der Waals surface area contributed by atoms with Gasteiger partial charge in [-0.25, -0.2) is 0 Å². The molecule has 94 valence electrons. The predicted octanol–water partition coefficient (Wildman–Crippen LogP) is 1.74. The first-order valence-electron chi connectivity index (χ1n) is 5.06. The predicted molar refractivity (Wildman–Crippen MR) is 66.0 cm³/mol. The van der Waals surface area contributed by atoms with Gasteiger partial charge in [0.2, 0.25) is 0 Å². The summed E-state index contributed by atoms with van der Waals surface area (Å²) in [5.74, 6) is -2.53. The molecule has 1 aromatic rings. The Morgan fingerprint density at radius 1 is 1.28 bits per heavy atom. The molecule has 0 saturated carbocycles. The fourth-order valence-corrected chi connectivity index (χ4v) is 2.28. The summed E-state index contributed by atoms with van der Waals surface area (Å²) in [4.78, 5) is 22.1. The molecule has 2 N–H and O–H groups in total. The molecule has 0 saturated heterocycles. The molecule has 0 heterocycles. The Labute approximate surface area is 108 Å². The van der Waals surface area contributed by atoms with Crippen LogP contribution in [0.1, 0.15) is 12.0 Å². The molecule has 1 aromatic carbocycles. The van der Waals surface area contributed by atoms with Gasteiger partial charge in [-0.3, -0.25) is 9.59 Å². The molecule has 6 heteroatoms. The van der Waals surface area contributed by atoms with E-state index in [1.807, 2.05) is 0 Å². The van der Waals surface area contributed by atoms with Crippen LogP contribution in [0.4, 0.5) is 0 Å². The van der Waals surface area contributed by atoms with E-state index >= 15 is 0 Å². The van der Waals surface area contributed by atoms with E-state index in [0.29, 0.717) is 17.3 Å². The number of nitriles is 1. The Kier molecular flexibility index (Phi) is 4.75. The first-order chi connectivity index (χ1) is 8.50. The lowest BCUT2D eigenvalue weighted by molar-refractivity contribution is -0.146. The second-order valence-corrected chi connectivity index (χ2v) is 4.89. The molecule has 0 radical (unpaired) electrons. The van der Waals surface area contributed by atoms with Crippen LogP contribution in [0.5, 0.6) is 0 Å². The van der Waals surface area contributed by atoms with Crippen molar-refractivity contribution in [1.82, 2.24) is 0 Å². The fourth-order valence-electron chi connectivity index (χ4n) is 1.59. The molecule has 0 unspecified atom stereocenters. The van der Waals surface area contributed by atoms with Crippen LogP contribution in [0.15, 0.2) is 30.3 Å². The minimum Gasteiger partial charge on any atom is -0.481 e. The van der Waals surface area contributed by atoms with Crippen LogP contribution in [0, 0.1) is 10.7 Å². The number of thioether (sulfide) groups is 1. The van der Waals surface area contributed by atoms with Crippen molar-refractivity contribution in [3.63, 3.8) is 0 Å². The Morgan fingerprint density at radius 3 is 2.33 bits per heavy atom. The van der Waals surface area contributed by atoms with Gasteiger partial charge < -0.3 is 10.2 Å². The zero-order chi connectivity index (χ0) is 13.6. The van der Waals surface area contributed by atoms with Crippen LogP contribution in [-0.2, 0) is 16.0 Å². The topological polar surface area (TPSA) is 98.4 Å². The van der Waals surface area contributed by atoms with Crippen molar-refractivity contribution >= 4 is 23.7 Å². The monoisotopic (exact) mass is 265 g/mol. The van der Waals surface area contributed by atoms with Gasteiger partial charge in [-0.2, -0.15) is 5.26 Å². The van der Waals surface area contributed by atoms with Crippen LogP contribution in [0.3, 0.4) is 0 Å². The van der Waals surface area contributed by atoms with Gasteiger partial charge in [0.15, 0.2) is 0 Å². The third-order valence-corrected chi connectivity index (χ3v) is 3.35. The molecule has 18 heavy (non-hydrogen) atoms. The summed E-state index contributed by atoms with van der Waals surface area (Å²) in [7, 11) is 0. The number of benzene rings is 1. The number of hydrogen-bond donors (Lipinski definition) is 2. The highest BCUT2D eigenvalue weighted by molar-refractivity contribution is 8.05. The Hall–Kier alpha value is -2.00. The minimum atomic E-state index is -1.65. The average Bonchev–Trinajstić information content (AvgIpc) is 2.29. The second kappa shape index (κ2) is 6.07. The molecule has 0 aromatic heterocycles. The van der Waals surface area contributed by atoms with Crippen LogP contribution >= 0.6 is 11.8 Å². The molecule has 5 nitrogen and oxygen atoms in total. The summed E-state index contributed by atoms with van der Waals surface area (Å²) >= 11 is 0.480. The van der Waals surface area contributed by atoms with Gasteiger partial charge in [0.1, 0.15) is 10.1 Å². The molecule has 0 aliphatic rings. The van der Waals surface area contributed by atoms with E-state index in [2.05, 4.69) is 0 Å². The number of hydrogen-bond acceptors (Lipinski definition) is 4. The Balaban J connectivity index is 3.06. The van der Waals surface area contributed by atoms with Gasteiger partial charge in [0, 0.05) is 0 Å². The highest BCUT2D eigenvalue weighted by Crippen LogP contribution is 2.33. The molecule has 0 fully saturated rings. The number of carbonyl (C=O) groups is 2. The molecule has 0 bridgehead atoms. The second-order valence-electron chi connectivity index (χ2n) is 3.73. The largest absolute Gasteiger partial charge is 0.481 e. The van der Waals surface area contributed by atoms with Gasteiger partial charge in [-0.1, -0.05) is 30.3 Å². The first kappa shape index (κ1) is 14.1. The highest BCUT2D eigenvalue weighted by atomic mass is 32.2. The van der Waals surface area contributed by atoms with Crippen LogP contribution in [0.2, 0.25) is 0 Å². The van der Waals surface area contributed by atoms with Gasteiger partial charge in [-0.15, -0.1) is 0 Å². The van der Waals surface area contributed by atoms with Crippen molar-refractivity contribution in [3.05, 3.63) is 35.9 Å². The van der Waals surface area contributed by atoms with Crippen molar-refractivity contribution < 1.29 is 19.8 Å². The number of nitrogens with zero attached hydrogens (tertiary/aromatic N) is 1. The quantitative estimate of drug-likeness (QED) is 0.760. The molecule has 0 amide bonds. The standard InChI is InChI=1S/C12H11NO4S/c13-8-18-12(11(16)17,7-10(14)15)6-9-4-2-1-3-5-9/h1-5H,6-7H2,(H,14,15)(H,16,17)/t12-/m1/s1. The number of thiocyanates is 1. The van der Waals surface area contributed by atoms with Crippen molar-refractivity contribution in [2.24, 2.45) is 0 Å². The molecule has 0 aliphatic carbocycles. The molecular formula is C12H11NO4S. The summed E-state index contributed by atoms with van der Waals surface area (Å²) in [6.07, 6.45) is -0.608. The summed E-state index contributed by atoms with van der Waals surface area (Å²) < 4.78 is -1.65. The van der Waals surface area contributed by atoms with Gasteiger partial charge in [0.25, 0.3) is 0 Å². The lowest BCUT2D eigenvalue weighted by Crippen LogP contribution is -2.39. The lowest BCUT2D eigenvalue weighted by Gasteiger charge is -2.23. The maximum Gasteiger partial charge on any atom is 0.321 e. The smallest absolute Gasteiger partial charge is 0.321 e. The van der Waals surface area contributed by atoms with E-state index in [1.165, 1.54) is 0 Å². The summed E-state index contributed by atoms with van der Waals surface area (Å²) in [6, 6.07) is 8.66. The van der Waals surface area contributed by atoms with Crippen molar-refractivity contribution in [3.8, 4) is 5.40 Å². The number of rotatable bonds is 6. The third kappa shape index (κ3) is 3.50. The van der Waals surface area contributed by atoms with E-state index in [4.69, 9.17) is 10.4 Å². The van der Waals surface area contributed by atoms with Crippen LogP contribution in [-0.4, -0.2) is 26.9 Å². The SMILES string of the molecule is N#CS[C@@](CC(=O)O)(Cc1ccccc1)C(=O)O. The van der Waals surface area contributed by atoms with E-state index in [0.717, 1.165) is 0 Å². The van der Waals surface area contributed by atoms with Crippen molar-refractivity contribution in [2.45, 2.75) is 17.6 Å². The number of carboxylic acids is 2. The third-order valence-electron chi connectivity index (χ3n) is 2.40. The average molecular weight is 265 g/mol. The fraction of sp³-hybridized carbons (Fsp3) is 0.250. The zero-order valence-corrected chi connectivity index (χ0v) is 10.2. The summed E-state index contributed by atoms with van der Waals surface area (Å²) in [6.45, 7) is 0. The minimum absolute atomic E-state index is 0.00625. The highest BCUT2D eigenvalue weighted by Gasteiger charge is 2.42. The van der Waals surface area contributed by atoms with Gasteiger partial charge in [0.05, 0.1) is 6.42 Å². The van der Waals surface area contributed by atoms with Crippen molar-refractivity contribution in [2.75, 3.05) is 0 Å². The number of aliphatic carboxylic acids is 2. The normalized spacial score (nSPS) is 13.3. The molecule has 0 spiro atoms. The molecular weight excluding hydrogens is 254 g/mol. The maximum absolute atomic E-state index is 11.3. The zero-order valence-electron chi connectivity index (χ0n) is 9.37. The maximum atomic E-state index is 11.3. The molecule has 1 atom stereocenters. The van der Waals surface area contributed by atoms with E-state index in [-0.39, 0.29) is 6.42 Å². The molecule has 0 aliphatic heterocycles. The van der Waals surface area contributed by atoms with Crippen LogP contribution < -0.4 is 0 Å². The Bertz CT molecular complexity index is 483. The number of carboxylic acid groups (broad SMARTS) is 2. The van der Waals surface area contributed by atoms with Gasteiger partial charge in [-0.05, 0) is 23.7 Å². The summed E-state index contributed by atoms with van der Waals surface area (Å²) in [5, 5.41) is 28.4. The van der Waals surface area contributed by atoms with Gasteiger partial charge >= 0.3 is 11.9 Å². The summed E-state index contributed by atoms with van der Waals surface area (Å²) in [5.41, 5.74) is 0.684. The van der Waals surface area contributed by atoms with E-state index < -0.39 is 23.1 Å². The first-order valence-corrected chi connectivity index (χ1v) is 5.88. The van der Waals surface area contributed by atoms with Crippen LogP contribution in [0.25, 0.3) is 0 Å². The molecule has 1 rings (SSSR count).